The summed E-state index contributed by atoms with van der Waals surface area (Å²) in [5.74, 6) is -0.300. The van der Waals surface area contributed by atoms with E-state index in [0.717, 1.165) is 37.7 Å². The van der Waals surface area contributed by atoms with Gasteiger partial charge in [0, 0.05) is 37.7 Å². The van der Waals surface area contributed by atoms with Crippen LogP contribution in [-0.2, 0) is 14.3 Å². The van der Waals surface area contributed by atoms with Crippen LogP contribution >= 0.6 is 11.6 Å². The molecule has 29 heavy (non-hydrogen) atoms. The first-order valence-corrected chi connectivity index (χ1v) is 10.6. The fourth-order valence-electron chi connectivity index (χ4n) is 3.69. The zero-order valence-corrected chi connectivity index (χ0v) is 17.7. The van der Waals surface area contributed by atoms with Crippen molar-refractivity contribution in [2.75, 3.05) is 52.5 Å². The monoisotopic (exact) mass is 416 g/mol. The predicted octanol–water partition coefficient (Wildman–Crippen LogP) is 3.63. The van der Waals surface area contributed by atoms with Gasteiger partial charge in [-0.05, 0) is 30.2 Å². The van der Waals surface area contributed by atoms with Gasteiger partial charge in [-0.1, -0.05) is 54.1 Å². The minimum absolute atomic E-state index is 0.0282. The van der Waals surface area contributed by atoms with E-state index < -0.39 is 0 Å². The average Bonchev–Trinajstić information content (AvgIpc) is 2.75. The van der Waals surface area contributed by atoms with Gasteiger partial charge in [0.25, 0.3) is 0 Å². The van der Waals surface area contributed by atoms with E-state index in [9.17, 15) is 4.79 Å². The molecule has 6 heteroatoms. The Balaban J connectivity index is 1.55. The summed E-state index contributed by atoms with van der Waals surface area (Å²) in [5, 5.41) is 0.758. The zero-order valence-electron chi connectivity index (χ0n) is 16.9. The van der Waals surface area contributed by atoms with Gasteiger partial charge in [-0.15, -0.1) is 0 Å². The highest BCUT2D eigenvalue weighted by Gasteiger charge is 2.26. The summed E-state index contributed by atoms with van der Waals surface area (Å²) in [6.07, 6.45) is 0. The van der Waals surface area contributed by atoms with Crippen molar-refractivity contribution >= 4 is 17.6 Å². The minimum Gasteiger partial charge on any atom is -0.464 e. The Morgan fingerprint density at radius 1 is 1.00 bits per heavy atom. The van der Waals surface area contributed by atoms with Gasteiger partial charge in [-0.25, -0.2) is 4.79 Å². The highest BCUT2D eigenvalue weighted by atomic mass is 35.5. The molecule has 3 rings (SSSR count). The average molecular weight is 417 g/mol. The topological polar surface area (TPSA) is 42.0 Å². The number of halogens is 1. The molecule has 2 aromatic carbocycles. The molecule has 0 spiro atoms. The van der Waals surface area contributed by atoms with Crippen molar-refractivity contribution in [3.8, 4) is 0 Å². The molecule has 0 aliphatic carbocycles. The van der Waals surface area contributed by atoms with Gasteiger partial charge in [0.1, 0.15) is 6.61 Å². The summed E-state index contributed by atoms with van der Waals surface area (Å²) in [7, 11) is 0. The maximum atomic E-state index is 11.3. The lowest BCUT2D eigenvalue weighted by molar-refractivity contribution is -0.148. The SMILES string of the molecule is CCOC(=O)COCCN1CCN(C(c2ccccc2)c2ccc(Cl)cc2)CC1. The summed E-state index contributed by atoms with van der Waals surface area (Å²) >= 11 is 6.10. The number of carbonyl (C=O) groups excluding carboxylic acids is 1. The van der Waals surface area contributed by atoms with E-state index in [1.54, 1.807) is 6.92 Å². The van der Waals surface area contributed by atoms with Crippen molar-refractivity contribution in [2.24, 2.45) is 0 Å². The largest absolute Gasteiger partial charge is 0.464 e. The van der Waals surface area contributed by atoms with Crippen LogP contribution in [0.25, 0.3) is 0 Å². The number of hydrogen-bond acceptors (Lipinski definition) is 5. The zero-order chi connectivity index (χ0) is 20.5. The van der Waals surface area contributed by atoms with Crippen LogP contribution in [-0.4, -0.2) is 68.3 Å². The molecule has 0 radical (unpaired) electrons. The molecule has 0 saturated carbocycles. The fraction of sp³-hybridized carbons (Fsp3) is 0.435. The van der Waals surface area contributed by atoms with E-state index >= 15 is 0 Å². The molecule has 0 aromatic heterocycles. The van der Waals surface area contributed by atoms with Gasteiger partial charge in [-0.2, -0.15) is 0 Å². The number of ether oxygens (including phenoxy) is 2. The van der Waals surface area contributed by atoms with Gasteiger partial charge < -0.3 is 9.47 Å². The fourth-order valence-corrected chi connectivity index (χ4v) is 3.82. The second-order valence-electron chi connectivity index (χ2n) is 7.10. The van der Waals surface area contributed by atoms with Crippen LogP contribution in [0, 0.1) is 0 Å². The summed E-state index contributed by atoms with van der Waals surface area (Å²) in [4.78, 5) is 16.2. The third-order valence-corrected chi connectivity index (χ3v) is 5.40. The predicted molar refractivity (Wildman–Crippen MR) is 115 cm³/mol. The van der Waals surface area contributed by atoms with Gasteiger partial charge in [0.2, 0.25) is 0 Å². The third-order valence-electron chi connectivity index (χ3n) is 5.15. The quantitative estimate of drug-likeness (QED) is 0.461. The second-order valence-corrected chi connectivity index (χ2v) is 7.54. The Morgan fingerprint density at radius 3 is 2.31 bits per heavy atom. The molecule has 2 aromatic rings. The van der Waals surface area contributed by atoms with Crippen LogP contribution < -0.4 is 0 Å². The molecule has 1 unspecified atom stereocenters. The maximum Gasteiger partial charge on any atom is 0.332 e. The number of benzene rings is 2. The number of nitrogens with zero attached hydrogens (tertiary/aromatic N) is 2. The van der Waals surface area contributed by atoms with Crippen molar-refractivity contribution in [1.29, 1.82) is 0 Å². The Bertz CT molecular complexity index is 746. The van der Waals surface area contributed by atoms with Crippen molar-refractivity contribution in [2.45, 2.75) is 13.0 Å². The Labute approximate surface area is 178 Å². The summed E-state index contributed by atoms with van der Waals surface area (Å²) in [5.41, 5.74) is 2.55. The van der Waals surface area contributed by atoms with Gasteiger partial charge >= 0.3 is 5.97 Å². The second kappa shape index (κ2) is 11.3. The van der Waals surface area contributed by atoms with E-state index in [4.69, 9.17) is 21.1 Å². The lowest BCUT2D eigenvalue weighted by atomic mass is 9.96. The molecule has 1 atom stereocenters. The lowest BCUT2D eigenvalue weighted by Crippen LogP contribution is -2.48. The van der Waals surface area contributed by atoms with E-state index in [2.05, 4.69) is 52.3 Å². The first kappa shape index (κ1) is 21.8. The van der Waals surface area contributed by atoms with Crippen molar-refractivity contribution in [3.63, 3.8) is 0 Å². The van der Waals surface area contributed by atoms with Crippen molar-refractivity contribution in [1.82, 2.24) is 9.80 Å². The normalized spacial score (nSPS) is 16.5. The minimum atomic E-state index is -0.300. The van der Waals surface area contributed by atoms with Gasteiger partial charge in [-0.3, -0.25) is 9.80 Å². The number of rotatable bonds is 9. The molecular formula is C23H29ClN2O3. The Hall–Kier alpha value is -1.92. The summed E-state index contributed by atoms with van der Waals surface area (Å²) in [6, 6.07) is 19.0. The number of piperazine rings is 1. The number of hydrogen-bond donors (Lipinski definition) is 0. The molecule has 1 heterocycles. The van der Waals surface area contributed by atoms with E-state index in [0.29, 0.717) is 13.2 Å². The molecule has 1 aliphatic rings. The highest BCUT2D eigenvalue weighted by Crippen LogP contribution is 2.30. The molecule has 0 amide bonds. The molecular weight excluding hydrogens is 388 g/mol. The Morgan fingerprint density at radius 2 is 1.66 bits per heavy atom. The van der Waals surface area contributed by atoms with Crippen LogP contribution in [0.3, 0.4) is 0 Å². The summed E-state index contributed by atoms with van der Waals surface area (Å²) < 4.78 is 10.3. The molecule has 1 fully saturated rings. The first-order chi connectivity index (χ1) is 14.2. The van der Waals surface area contributed by atoms with Crippen LogP contribution in [0.4, 0.5) is 0 Å². The van der Waals surface area contributed by atoms with E-state index in [1.165, 1.54) is 11.1 Å². The van der Waals surface area contributed by atoms with Gasteiger partial charge in [0.05, 0.1) is 19.3 Å². The first-order valence-electron chi connectivity index (χ1n) is 10.2. The van der Waals surface area contributed by atoms with E-state index in [-0.39, 0.29) is 18.6 Å². The van der Waals surface area contributed by atoms with Crippen LogP contribution in [0.2, 0.25) is 5.02 Å². The van der Waals surface area contributed by atoms with Crippen LogP contribution in [0.15, 0.2) is 54.6 Å². The number of carbonyl (C=O) groups is 1. The lowest BCUT2D eigenvalue weighted by Gasteiger charge is -2.39. The van der Waals surface area contributed by atoms with Crippen LogP contribution in [0.1, 0.15) is 24.1 Å². The molecule has 0 bridgehead atoms. The van der Waals surface area contributed by atoms with Crippen molar-refractivity contribution in [3.05, 3.63) is 70.7 Å². The van der Waals surface area contributed by atoms with E-state index in [1.807, 2.05) is 12.1 Å². The molecule has 5 nitrogen and oxygen atoms in total. The molecule has 1 saturated heterocycles. The maximum absolute atomic E-state index is 11.3. The smallest absolute Gasteiger partial charge is 0.332 e. The molecule has 1 aliphatic heterocycles. The number of esters is 1. The molecule has 156 valence electrons. The third kappa shape index (κ3) is 6.54. The van der Waals surface area contributed by atoms with Gasteiger partial charge in [0.15, 0.2) is 0 Å². The highest BCUT2D eigenvalue weighted by molar-refractivity contribution is 6.30. The standard InChI is InChI=1S/C23H29ClN2O3/c1-2-29-22(27)18-28-17-16-25-12-14-26(15-13-25)23(19-6-4-3-5-7-19)20-8-10-21(24)11-9-20/h3-11,23H,2,12-18H2,1H3. The summed E-state index contributed by atoms with van der Waals surface area (Å²) in [6.45, 7) is 7.47. The molecule has 0 N–H and O–H groups in total. The van der Waals surface area contributed by atoms with Crippen LogP contribution in [0.5, 0.6) is 0 Å². The van der Waals surface area contributed by atoms with Crippen molar-refractivity contribution < 1.29 is 14.3 Å². The Kier molecular flexibility index (Phi) is 8.50.